The Hall–Kier alpha value is 0.0239. The van der Waals surface area contributed by atoms with Crippen LogP contribution in [0.1, 0.15) is 5.56 Å². The van der Waals surface area contributed by atoms with Crippen LogP contribution in [-0.2, 0) is 32.7 Å². The van der Waals surface area contributed by atoms with Crippen LogP contribution >= 0.6 is 11.6 Å². The molecule has 0 unspecified atom stereocenters. The van der Waals surface area contributed by atoms with Gasteiger partial charge < -0.3 is 0 Å². The minimum Gasteiger partial charge on any atom is -0.281 e. The number of hydrogen-bond acceptors (Lipinski definition) is 1. The van der Waals surface area contributed by atoms with Crippen molar-refractivity contribution in [1.82, 2.24) is 4.98 Å². The van der Waals surface area contributed by atoms with Crippen LogP contribution in [0.4, 0.5) is 0 Å². The van der Waals surface area contributed by atoms with E-state index in [9.17, 15) is 0 Å². The molecule has 2 rings (SSSR count). The van der Waals surface area contributed by atoms with Crippen LogP contribution in [0.3, 0.4) is 0 Å². The van der Waals surface area contributed by atoms with Gasteiger partial charge >= 0.3 is 0 Å². The van der Waals surface area contributed by atoms with E-state index in [1.54, 1.807) is 6.07 Å². The molecule has 0 bridgehead atoms. The van der Waals surface area contributed by atoms with E-state index in [2.05, 4.69) is 11.1 Å². The average molecular weight is 266 g/mol. The van der Waals surface area contributed by atoms with Gasteiger partial charge in [-0.25, -0.2) is 0 Å². The van der Waals surface area contributed by atoms with E-state index >= 15 is 0 Å². The minimum absolute atomic E-state index is 0. The molecule has 0 aliphatic carbocycles. The second-order valence-electron chi connectivity index (χ2n) is 2.75. The molecule has 0 aliphatic rings. The SMILES string of the molecule is Cc1cnc2c(Cl)c[c-]cc2c1.[Y]. The summed E-state index contributed by atoms with van der Waals surface area (Å²) in [6.07, 6.45) is 1.81. The fourth-order valence-corrected chi connectivity index (χ4v) is 1.40. The smallest absolute Gasteiger partial charge is 0.0269 e. The monoisotopic (exact) mass is 265 g/mol. The molecule has 2 aromatic rings. The number of aryl methyl sites for hydroxylation is 1. The summed E-state index contributed by atoms with van der Waals surface area (Å²) in [6, 6.07) is 8.62. The largest absolute Gasteiger partial charge is 0.281 e. The second kappa shape index (κ2) is 4.50. The molecule has 0 N–H and O–H groups in total. The maximum Gasteiger partial charge on any atom is 0.0269 e. The van der Waals surface area contributed by atoms with Gasteiger partial charge in [0, 0.05) is 38.9 Å². The third-order valence-corrected chi connectivity index (χ3v) is 2.02. The van der Waals surface area contributed by atoms with Gasteiger partial charge in [0.05, 0.1) is 0 Å². The molecule has 1 aromatic heterocycles. The zero-order chi connectivity index (χ0) is 8.55. The molecule has 13 heavy (non-hydrogen) atoms. The third-order valence-electron chi connectivity index (χ3n) is 1.73. The van der Waals surface area contributed by atoms with Crippen LogP contribution in [0.5, 0.6) is 0 Å². The van der Waals surface area contributed by atoms with Crippen LogP contribution in [0.2, 0.25) is 5.02 Å². The molecule has 0 aliphatic heterocycles. The fraction of sp³-hybridized carbons (Fsp3) is 0.100. The van der Waals surface area contributed by atoms with Crippen molar-refractivity contribution in [3.05, 3.63) is 41.0 Å². The van der Waals surface area contributed by atoms with Gasteiger partial charge in [0.2, 0.25) is 0 Å². The molecule has 0 spiro atoms. The minimum atomic E-state index is 0. The van der Waals surface area contributed by atoms with E-state index in [-0.39, 0.29) is 32.7 Å². The van der Waals surface area contributed by atoms with Gasteiger partial charge in [0.25, 0.3) is 0 Å². The Morgan fingerprint density at radius 2 is 2.15 bits per heavy atom. The molecule has 1 aromatic carbocycles. The molecular formula is C10H7ClNY-. The molecule has 1 radical (unpaired) electrons. The van der Waals surface area contributed by atoms with Gasteiger partial charge in [0.1, 0.15) is 0 Å². The molecule has 0 fully saturated rings. The molecule has 3 heteroatoms. The second-order valence-corrected chi connectivity index (χ2v) is 3.16. The van der Waals surface area contributed by atoms with Crippen molar-refractivity contribution in [2.75, 3.05) is 0 Å². The summed E-state index contributed by atoms with van der Waals surface area (Å²) >= 11 is 5.92. The maximum absolute atomic E-state index is 5.92. The van der Waals surface area contributed by atoms with Gasteiger partial charge in [-0.3, -0.25) is 4.98 Å². The van der Waals surface area contributed by atoms with Crippen molar-refractivity contribution in [3.8, 4) is 0 Å². The number of halogens is 1. The molecule has 0 amide bonds. The maximum atomic E-state index is 5.92. The Bertz CT molecular complexity index is 428. The molecule has 1 nitrogen and oxygen atoms in total. The summed E-state index contributed by atoms with van der Waals surface area (Å²) in [6.45, 7) is 2.01. The van der Waals surface area contributed by atoms with E-state index in [1.165, 1.54) is 0 Å². The molecule has 0 atom stereocenters. The predicted molar refractivity (Wildman–Crippen MR) is 50.3 cm³/mol. The van der Waals surface area contributed by atoms with Gasteiger partial charge in [-0.1, -0.05) is 0 Å². The Balaban J connectivity index is 0.000000845. The first-order valence-corrected chi connectivity index (χ1v) is 4.07. The zero-order valence-corrected chi connectivity index (χ0v) is 10.8. The standard InChI is InChI=1S/C10H7ClN.Y/c1-7-5-8-3-2-4-9(11)10(8)12-6-7;/h3-6H,1H3;/q-1;. The van der Waals surface area contributed by atoms with Crippen LogP contribution in [-0.4, -0.2) is 4.98 Å². The summed E-state index contributed by atoms with van der Waals surface area (Å²) in [5.41, 5.74) is 1.99. The fourth-order valence-electron chi connectivity index (χ4n) is 1.17. The summed E-state index contributed by atoms with van der Waals surface area (Å²) < 4.78 is 0. The topological polar surface area (TPSA) is 12.9 Å². The molecule has 1 heterocycles. The summed E-state index contributed by atoms with van der Waals surface area (Å²) in [4.78, 5) is 4.23. The Kier molecular flexibility index (Phi) is 3.84. The number of rotatable bonds is 0. The van der Waals surface area contributed by atoms with E-state index in [4.69, 9.17) is 11.6 Å². The normalized spacial score (nSPS) is 9.69. The average Bonchev–Trinajstić information content (AvgIpc) is 2.04. The number of nitrogens with zero attached hydrogens (tertiary/aromatic N) is 1. The Morgan fingerprint density at radius 1 is 1.38 bits per heavy atom. The van der Waals surface area contributed by atoms with Crippen molar-refractivity contribution < 1.29 is 32.7 Å². The summed E-state index contributed by atoms with van der Waals surface area (Å²) in [5, 5.41) is 1.70. The van der Waals surface area contributed by atoms with Crippen LogP contribution in [0, 0.1) is 13.0 Å². The quantitative estimate of drug-likeness (QED) is 0.667. The van der Waals surface area contributed by atoms with Gasteiger partial charge in [-0.15, -0.1) is 11.5 Å². The van der Waals surface area contributed by atoms with Gasteiger partial charge in [-0.05, 0) is 23.0 Å². The Labute approximate surface area is 107 Å². The van der Waals surface area contributed by atoms with E-state index in [0.717, 1.165) is 16.5 Å². The van der Waals surface area contributed by atoms with Crippen molar-refractivity contribution in [2.24, 2.45) is 0 Å². The van der Waals surface area contributed by atoms with Crippen LogP contribution in [0.15, 0.2) is 24.4 Å². The Morgan fingerprint density at radius 3 is 2.92 bits per heavy atom. The number of pyridine rings is 1. The van der Waals surface area contributed by atoms with Crippen LogP contribution in [0.25, 0.3) is 10.9 Å². The van der Waals surface area contributed by atoms with Crippen LogP contribution < -0.4 is 0 Å². The first-order chi connectivity index (χ1) is 5.77. The molecule has 0 saturated carbocycles. The molecule has 0 saturated heterocycles. The summed E-state index contributed by atoms with van der Waals surface area (Å²) in [5.74, 6) is 0. The number of fused-ring (bicyclic) bond motifs is 1. The van der Waals surface area contributed by atoms with Gasteiger partial charge in [-0.2, -0.15) is 29.8 Å². The van der Waals surface area contributed by atoms with Crippen molar-refractivity contribution in [1.29, 1.82) is 0 Å². The van der Waals surface area contributed by atoms with E-state index in [1.807, 2.05) is 25.3 Å². The van der Waals surface area contributed by atoms with E-state index in [0.29, 0.717) is 5.02 Å². The van der Waals surface area contributed by atoms with Gasteiger partial charge in [0.15, 0.2) is 0 Å². The van der Waals surface area contributed by atoms with Crippen molar-refractivity contribution in [3.63, 3.8) is 0 Å². The summed E-state index contributed by atoms with van der Waals surface area (Å²) in [7, 11) is 0. The number of hydrogen-bond donors (Lipinski definition) is 0. The first kappa shape index (κ1) is 11.1. The molecule has 63 valence electrons. The number of aromatic nitrogens is 1. The van der Waals surface area contributed by atoms with Crippen molar-refractivity contribution >= 4 is 22.5 Å². The van der Waals surface area contributed by atoms with E-state index < -0.39 is 0 Å². The molecular weight excluding hydrogens is 258 g/mol. The zero-order valence-electron chi connectivity index (χ0n) is 7.21. The third kappa shape index (κ3) is 2.28. The first-order valence-electron chi connectivity index (χ1n) is 3.69. The predicted octanol–water partition coefficient (Wildman–Crippen LogP) is 2.99. The number of benzene rings is 1. The van der Waals surface area contributed by atoms with Crippen molar-refractivity contribution in [2.45, 2.75) is 6.92 Å².